The van der Waals surface area contributed by atoms with E-state index in [0.29, 0.717) is 17.7 Å². The number of hydrogen-bond acceptors (Lipinski definition) is 2. The van der Waals surface area contributed by atoms with E-state index in [1.807, 2.05) is 13.8 Å². The second-order valence-electron chi connectivity index (χ2n) is 5.37. The minimum Gasteiger partial charge on any atom is -0.350 e. The monoisotopic (exact) mass is 354 g/mol. The lowest BCUT2D eigenvalue weighted by atomic mass is 10.0. The van der Waals surface area contributed by atoms with Gasteiger partial charge in [-0.25, -0.2) is 8.78 Å². The van der Waals surface area contributed by atoms with Crippen molar-refractivity contribution in [3.63, 3.8) is 0 Å². The third kappa shape index (κ3) is 5.28. The Balaban J connectivity index is 0.00000288. The zero-order chi connectivity index (χ0) is 16.8. The molecule has 0 heterocycles. The molecule has 3 nitrogen and oxygen atoms in total. The molecule has 0 aliphatic rings. The van der Waals surface area contributed by atoms with Gasteiger partial charge in [0.1, 0.15) is 11.6 Å². The van der Waals surface area contributed by atoms with Crippen molar-refractivity contribution in [2.24, 2.45) is 0 Å². The first kappa shape index (κ1) is 20.1. The van der Waals surface area contributed by atoms with E-state index in [1.54, 1.807) is 18.2 Å². The smallest absolute Gasteiger partial charge is 0.254 e. The molecule has 0 fully saturated rings. The minimum atomic E-state index is -0.597. The second-order valence-corrected chi connectivity index (χ2v) is 5.37. The van der Waals surface area contributed by atoms with Crippen molar-refractivity contribution in [3.8, 4) is 11.1 Å². The molecular formula is C18H21ClF2N2O. The van der Waals surface area contributed by atoms with Gasteiger partial charge in [-0.2, -0.15) is 0 Å². The van der Waals surface area contributed by atoms with Crippen LogP contribution >= 0.6 is 12.4 Å². The standard InChI is InChI=1S/C18H20F2N2O.ClH/c1-3-21-12(2)11-22-18(23)16-9-6-14(10-17(16)20)13-4-7-15(19)8-5-13;/h4-10,12,21H,3,11H2,1-2H3,(H,22,23);1H/t12-;/m1./s1. The van der Waals surface area contributed by atoms with Crippen LogP contribution in [0.1, 0.15) is 24.2 Å². The predicted octanol–water partition coefficient (Wildman–Crippen LogP) is 3.78. The second kappa shape index (κ2) is 9.35. The van der Waals surface area contributed by atoms with Crippen LogP contribution in [0.3, 0.4) is 0 Å². The topological polar surface area (TPSA) is 41.1 Å². The predicted molar refractivity (Wildman–Crippen MR) is 94.5 cm³/mol. The lowest BCUT2D eigenvalue weighted by Gasteiger charge is -2.13. The van der Waals surface area contributed by atoms with E-state index in [-0.39, 0.29) is 29.8 Å². The van der Waals surface area contributed by atoms with Gasteiger partial charge in [0.25, 0.3) is 5.91 Å². The molecule has 1 atom stereocenters. The maximum atomic E-state index is 14.2. The molecule has 0 spiro atoms. The van der Waals surface area contributed by atoms with Crippen LogP contribution in [0.2, 0.25) is 0 Å². The third-order valence-electron chi connectivity index (χ3n) is 3.51. The molecular weight excluding hydrogens is 334 g/mol. The number of benzene rings is 2. The van der Waals surface area contributed by atoms with Gasteiger partial charge in [0.05, 0.1) is 5.56 Å². The molecule has 2 aromatic carbocycles. The Morgan fingerprint density at radius 2 is 1.71 bits per heavy atom. The van der Waals surface area contributed by atoms with Gasteiger partial charge < -0.3 is 10.6 Å². The van der Waals surface area contributed by atoms with Gasteiger partial charge in [-0.15, -0.1) is 12.4 Å². The molecule has 0 saturated carbocycles. The minimum absolute atomic E-state index is 0. The SMILES string of the molecule is CCN[C@H](C)CNC(=O)c1ccc(-c2ccc(F)cc2)cc1F.Cl. The summed E-state index contributed by atoms with van der Waals surface area (Å²) in [5.74, 6) is -1.39. The molecule has 1 amide bonds. The highest BCUT2D eigenvalue weighted by atomic mass is 35.5. The van der Waals surface area contributed by atoms with E-state index in [0.717, 1.165) is 6.54 Å². The molecule has 130 valence electrons. The fourth-order valence-electron chi connectivity index (χ4n) is 2.28. The van der Waals surface area contributed by atoms with Gasteiger partial charge in [-0.3, -0.25) is 4.79 Å². The van der Waals surface area contributed by atoms with E-state index in [9.17, 15) is 13.6 Å². The summed E-state index contributed by atoms with van der Waals surface area (Å²) in [6.07, 6.45) is 0. The van der Waals surface area contributed by atoms with Crippen LogP contribution in [-0.4, -0.2) is 25.0 Å². The Hall–Kier alpha value is -1.98. The van der Waals surface area contributed by atoms with Gasteiger partial charge in [0.2, 0.25) is 0 Å². The summed E-state index contributed by atoms with van der Waals surface area (Å²) in [5, 5.41) is 5.86. The lowest BCUT2D eigenvalue weighted by molar-refractivity contribution is 0.0946. The summed E-state index contributed by atoms with van der Waals surface area (Å²) in [4.78, 5) is 12.0. The van der Waals surface area contributed by atoms with Crippen molar-refractivity contribution in [1.82, 2.24) is 10.6 Å². The van der Waals surface area contributed by atoms with Gasteiger partial charge in [-0.1, -0.05) is 25.1 Å². The molecule has 0 aliphatic heterocycles. The largest absolute Gasteiger partial charge is 0.350 e. The Morgan fingerprint density at radius 3 is 2.29 bits per heavy atom. The van der Waals surface area contributed by atoms with Crippen LogP contribution in [0.4, 0.5) is 8.78 Å². The van der Waals surface area contributed by atoms with Gasteiger partial charge >= 0.3 is 0 Å². The Kier molecular flexibility index (Phi) is 7.82. The lowest BCUT2D eigenvalue weighted by Crippen LogP contribution is -2.39. The maximum absolute atomic E-state index is 14.2. The molecule has 0 aromatic heterocycles. The average Bonchev–Trinajstić information content (AvgIpc) is 2.53. The van der Waals surface area contributed by atoms with Crippen LogP contribution in [0, 0.1) is 11.6 Å². The summed E-state index contributed by atoms with van der Waals surface area (Å²) >= 11 is 0. The number of rotatable bonds is 6. The van der Waals surface area contributed by atoms with Crippen LogP contribution in [0.25, 0.3) is 11.1 Å². The summed E-state index contributed by atoms with van der Waals surface area (Å²) < 4.78 is 27.1. The Morgan fingerprint density at radius 1 is 1.08 bits per heavy atom. The molecule has 6 heteroatoms. The van der Waals surface area contributed by atoms with Crippen molar-refractivity contribution in [2.75, 3.05) is 13.1 Å². The van der Waals surface area contributed by atoms with Crippen molar-refractivity contribution in [2.45, 2.75) is 19.9 Å². The highest BCUT2D eigenvalue weighted by Crippen LogP contribution is 2.22. The van der Waals surface area contributed by atoms with Gasteiger partial charge in [0.15, 0.2) is 0 Å². The average molecular weight is 355 g/mol. The van der Waals surface area contributed by atoms with E-state index in [2.05, 4.69) is 10.6 Å². The number of likely N-dealkylation sites (N-methyl/N-ethyl adjacent to an activating group) is 1. The zero-order valence-corrected chi connectivity index (χ0v) is 14.4. The van der Waals surface area contributed by atoms with Crippen molar-refractivity contribution in [3.05, 3.63) is 59.7 Å². The third-order valence-corrected chi connectivity index (χ3v) is 3.51. The summed E-state index contributed by atoms with van der Waals surface area (Å²) in [6.45, 7) is 5.15. The maximum Gasteiger partial charge on any atom is 0.254 e. The fourth-order valence-corrected chi connectivity index (χ4v) is 2.28. The van der Waals surface area contributed by atoms with Crippen LogP contribution in [0.5, 0.6) is 0 Å². The normalized spacial score (nSPS) is 11.5. The number of carbonyl (C=O) groups excluding carboxylic acids is 1. The van der Waals surface area contributed by atoms with Crippen molar-refractivity contribution < 1.29 is 13.6 Å². The van der Waals surface area contributed by atoms with Crippen LogP contribution < -0.4 is 10.6 Å². The number of amides is 1. The molecule has 0 bridgehead atoms. The van der Waals surface area contributed by atoms with E-state index in [1.165, 1.54) is 24.3 Å². The van der Waals surface area contributed by atoms with Crippen molar-refractivity contribution in [1.29, 1.82) is 0 Å². The van der Waals surface area contributed by atoms with Gasteiger partial charge in [-0.05, 0) is 48.9 Å². The van der Waals surface area contributed by atoms with E-state index in [4.69, 9.17) is 0 Å². The molecule has 2 aromatic rings. The zero-order valence-electron chi connectivity index (χ0n) is 13.6. The first-order valence-electron chi connectivity index (χ1n) is 7.58. The summed E-state index contributed by atoms with van der Waals surface area (Å²) in [6, 6.07) is 10.3. The summed E-state index contributed by atoms with van der Waals surface area (Å²) in [5.41, 5.74) is 1.29. The number of nitrogens with one attached hydrogen (secondary N) is 2. The van der Waals surface area contributed by atoms with Crippen molar-refractivity contribution >= 4 is 18.3 Å². The molecule has 0 saturated heterocycles. The highest BCUT2D eigenvalue weighted by Gasteiger charge is 2.13. The first-order chi connectivity index (χ1) is 11.0. The number of carbonyl (C=O) groups is 1. The molecule has 0 unspecified atom stereocenters. The highest BCUT2D eigenvalue weighted by molar-refractivity contribution is 5.95. The van der Waals surface area contributed by atoms with Crippen LogP contribution in [-0.2, 0) is 0 Å². The Labute approximate surface area is 146 Å². The number of hydrogen-bond donors (Lipinski definition) is 2. The molecule has 2 N–H and O–H groups in total. The Bertz CT molecular complexity index is 677. The quantitative estimate of drug-likeness (QED) is 0.828. The van der Waals surface area contributed by atoms with Gasteiger partial charge in [0, 0.05) is 12.6 Å². The number of halogens is 3. The van der Waals surface area contributed by atoms with E-state index < -0.39 is 11.7 Å². The van der Waals surface area contributed by atoms with Crippen LogP contribution in [0.15, 0.2) is 42.5 Å². The molecule has 0 aliphatic carbocycles. The summed E-state index contributed by atoms with van der Waals surface area (Å²) in [7, 11) is 0. The molecule has 2 rings (SSSR count). The molecule has 24 heavy (non-hydrogen) atoms. The molecule has 0 radical (unpaired) electrons. The first-order valence-corrected chi connectivity index (χ1v) is 7.58. The fraction of sp³-hybridized carbons (Fsp3) is 0.278. The van der Waals surface area contributed by atoms with E-state index >= 15 is 0 Å².